The lowest BCUT2D eigenvalue weighted by atomic mass is 10.1. The number of aromatic nitrogens is 1. The molecule has 4 nitrogen and oxygen atoms in total. The molecule has 0 aliphatic rings. The third-order valence-corrected chi connectivity index (χ3v) is 7.69. The van der Waals surface area contributed by atoms with Crippen LogP contribution in [0, 0.1) is 3.57 Å². The van der Waals surface area contributed by atoms with Crippen LogP contribution in [0.3, 0.4) is 0 Å². The molecule has 1 aromatic carbocycles. The fourth-order valence-electron chi connectivity index (χ4n) is 2.58. The highest BCUT2D eigenvalue weighted by Crippen LogP contribution is 2.24. The van der Waals surface area contributed by atoms with Gasteiger partial charge in [0.05, 0.1) is 17.6 Å². The monoisotopic (exact) mass is 504 g/mol. The summed E-state index contributed by atoms with van der Waals surface area (Å²) in [6.07, 6.45) is 5.48. The first kappa shape index (κ1) is 21.5. The summed E-state index contributed by atoms with van der Waals surface area (Å²) in [4.78, 5) is 5.34. The van der Waals surface area contributed by atoms with E-state index >= 15 is 0 Å². The number of anilines is 1. The van der Waals surface area contributed by atoms with E-state index in [1.807, 2.05) is 24.8 Å². The average Bonchev–Trinajstić information content (AvgIpc) is 2.63. The molecule has 0 aliphatic heterocycles. The largest absolute Gasteiger partial charge is 0.268 e. The SMILES string of the molecule is CCCCS(=O)(=O)N(CCc1ccc(SCC)cc1I)c1cccnc1. The molecule has 0 aliphatic carbocycles. The zero-order chi connectivity index (χ0) is 19.0. The number of benzene rings is 1. The van der Waals surface area contributed by atoms with Crippen molar-refractivity contribution < 1.29 is 8.42 Å². The second-order valence-corrected chi connectivity index (χ2v) is 10.4. The summed E-state index contributed by atoms with van der Waals surface area (Å²) < 4.78 is 28.4. The van der Waals surface area contributed by atoms with Crippen LogP contribution in [0.4, 0.5) is 5.69 Å². The van der Waals surface area contributed by atoms with Gasteiger partial charge in [-0.25, -0.2) is 8.42 Å². The van der Waals surface area contributed by atoms with Gasteiger partial charge in [0.2, 0.25) is 10.0 Å². The maximum atomic E-state index is 12.8. The summed E-state index contributed by atoms with van der Waals surface area (Å²) in [5, 5.41) is 0. The minimum absolute atomic E-state index is 0.168. The van der Waals surface area contributed by atoms with Gasteiger partial charge in [0.1, 0.15) is 0 Å². The molecule has 0 unspecified atom stereocenters. The molecule has 1 heterocycles. The normalized spacial score (nSPS) is 11.5. The first-order chi connectivity index (χ1) is 12.5. The Morgan fingerprint density at radius 2 is 2.04 bits per heavy atom. The van der Waals surface area contributed by atoms with Crippen LogP contribution >= 0.6 is 34.4 Å². The van der Waals surface area contributed by atoms with Gasteiger partial charge in [-0.1, -0.05) is 26.3 Å². The summed E-state index contributed by atoms with van der Waals surface area (Å²) in [5.74, 6) is 1.21. The summed E-state index contributed by atoms with van der Waals surface area (Å²) in [7, 11) is -3.35. The number of hydrogen-bond acceptors (Lipinski definition) is 4. The molecule has 0 fully saturated rings. The Balaban J connectivity index is 2.20. The van der Waals surface area contributed by atoms with Crippen LogP contribution in [0.5, 0.6) is 0 Å². The molecule has 0 N–H and O–H groups in total. The van der Waals surface area contributed by atoms with Crippen molar-refractivity contribution in [1.82, 2.24) is 4.98 Å². The molecule has 0 atom stereocenters. The molecule has 26 heavy (non-hydrogen) atoms. The average molecular weight is 504 g/mol. The number of thioether (sulfide) groups is 1. The fraction of sp³-hybridized carbons (Fsp3) is 0.421. The van der Waals surface area contributed by atoms with Crippen molar-refractivity contribution in [1.29, 1.82) is 0 Å². The van der Waals surface area contributed by atoms with Crippen LogP contribution in [-0.4, -0.2) is 31.5 Å². The molecular weight excluding hydrogens is 479 g/mol. The predicted octanol–water partition coefficient (Wildman–Crippen LogP) is 4.98. The van der Waals surface area contributed by atoms with Crippen molar-refractivity contribution in [2.24, 2.45) is 0 Å². The fourth-order valence-corrected chi connectivity index (χ4v) is 5.94. The van der Waals surface area contributed by atoms with Crippen LogP contribution in [0.25, 0.3) is 0 Å². The van der Waals surface area contributed by atoms with Gasteiger partial charge in [0.25, 0.3) is 0 Å². The van der Waals surface area contributed by atoms with E-state index in [4.69, 9.17) is 0 Å². The zero-order valence-corrected chi connectivity index (χ0v) is 19.0. The van der Waals surface area contributed by atoms with Crippen molar-refractivity contribution in [3.05, 3.63) is 51.9 Å². The Labute approximate surface area is 175 Å². The van der Waals surface area contributed by atoms with Gasteiger partial charge in [-0.05, 0) is 71.0 Å². The van der Waals surface area contributed by atoms with E-state index in [9.17, 15) is 8.42 Å². The van der Waals surface area contributed by atoms with E-state index in [0.29, 0.717) is 25.1 Å². The first-order valence-electron chi connectivity index (χ1n) is 8.79. The van der Waals surface area contributed by atoms with E-state index in [1.54, 1.807) is 18.5 Å². The van der Waals surface area contributed by atoms with Crippen LogP contribution in [0.1, 0.15) is 32.3 Å². The number of hydrogen-bond donors (Lipinski definition) is 0. The van der Waals surface area contributed by atoms with Crippen LogP contribution in [-0.2, 0) is 16.4 Å². The van der Waals surface area contributed by atoms with Gasteiger partial charge >= 0.3 is 0 Å². The van der Waals surface area contributed by atoms with Gasteiger partial charge in [-0.2, -0.15) is 0 Å². The van der Waals surface area contributed by atoms with Gasteiger partial charge < -0.3 is 0 Å². The summed E-state index contributed by atoms with van der Waals surface area (Å²) >= 11 is 4.15. The summed E-state index contributed by atoms with van der Waals surface area (Å²) in [5.41, 5.74) is 1.81. The third kappa shape index (κ3) is 6.13. The van der Waals surface area contributed by atoms with Crippen LogP contribution in [0.2, 0.25) is 0 Å². The maximum absolute atomic E-state index is 12.8. The predicted molar refractivity (Wildman–Crippen MR) is 120 cm³/mol. The number of halogens is 1. The number of pyridine rings is 1. The lowest BCUT2D eigenvalue weighted by Crippen LogP contribution is -2.35. The minimum atomic E-state index is -3.35. The molecule has 0 saturated heterocycles. The zero-order valence-electron chi connectivity index (χ0n) is 15.2. The molecular formula is C19H25IN2O2S2. The lowest BCUT2D eigenvalue weighted by Gasteiger charge is -2.24. The molecule has 142 valence electrons. The highest BCUT2D eigenvalue weighted by atomic mass is 127. The van der Waals surface area contributed by atoms with E-state index < -0.39 is 10.0 Å². The minimum Gasteiger partial charge on any atom is -0.268 e. The van der Waals surface area contributed by atoms with E-state index in [1.165, 1.54) is 18.3 Å². The van der Waals surface area contributed by atoms with Gasteiger partial charge in [0.15, 0.2) is 0 Å². The highest BCUT2D eigenvalue weighted by molar-refractivity contribution is 14.1. The van der Waals surface area contributed by atoms with Gasteiger partial charge in [-0.15, -0.1) is 11.8 Å². The summed E-state index contributed by atoms with van der Waals surface area (Å²) in [6.45, 7) is 4.56. The van der Waals surface area contributed by atoms with Crippen LogP contribution in [0.15, 0.2) is 47.6 Å². The van der Waals surface area contributed by atoms with Crippen molar-refractivity contribution in [2.45, 2.75) is 38.0 Å². The Morgan fingerprint density at radius 1 is 1.23 bits per heavy atom. The number of unbranched alkanes of at least 4 members (excludes halogenated alkanes) is 1. The molecule has 2 aromatic rings. The topological polar surface area (TPSA) is 50.3 Å². The van der Waals surface area contributed by atoms with E-state index in [-0.39, 0.29) is 5.75 Å². The molecule has 0 saturated carbocycles. The van der Waals surface area contributed by atoms with Gasteiger partial charge in [-0.3, -0.25) is 9.29 Å². The summed E-state index contributed by atoms with van der Waals surface area (Å²) in [6, 6.07) is 9.98. The highest BCUT2D eigenvalue weighted by Gasteiger charge is 2.22. The van der Waals surface area contributed by atoms with Gasteiger partial charge in [0, 0.05) is 21.2 Å². The lowest BCUT2D eigenvalue weighted by molar-refractivity contribution is 0.587. The van der Waals surface area contributed by atoms with E-state index in [2.05, 4.69) is 52.7 Å². The number of sulfonamides is 1. The molecule has 2 rings (SSSR count). The van der Waals surface area contributed by atoms with Crippen molar-refractivity contribution >= 4 is 50.1 Å². The molecule has 0 bridgehead atoms. The third-order valence-electron chi connectivity index (χ3n) is 3.95. The Hall–Kier alpha value is -0.800. The van der Waals surface area contributed by atoms with Crippen LogP contribution < -0.4 is 4.31 Å². The quantitative estimate of drug-likeness (QED) is 0.339. The number of rotatable bonds is 10. The Morgan fingerprint density at radius 3 is 2.65 bits per heavy atom. The number of nitrogens with zero attached hydrogens (tertiary/aromatic N) is 2. The Kier molecular flexibility index (Phi) is 8.69. The van der Waals surface area contributed by atoms with E-state index in [0.717, 1.165) is 12.2 Å². The second kappa shape index (κ2) is 10.5. The smallest absolute Gasteiger partial charge is 0.235 e. The van der Waals surface area contributed by atoms with Crippen molar-refractivity contribution in [2.75, 3.05) is 22.4 Å². The Bertz CT molecular complexity index is 798. The maximum Gasteiger partial charge on any atom is 0.235 e. The molecule has 1 aromatic heterocycles. The molecule has 0 radical (unpaired) electrons. The molecule has 7 heteroatoms. The molecule has 0 spiro atoms. The van der Waals surface area contributed by atoms with Crippen molar-refractivity contribution in [3.63, 3.8) is 0 Å². The van der Waals surface area contributed by atoms with Crippen molar-refractivity contribution in [3.8, 4) is 0 Å². The molecule has 0 amide bonds. The standard InChI is InChI=1S/C19H25IN2O2S2/c1-3-5-13-26(23,24)22(17-7-6-11-21-15-17)12-10-16-8-9-18(25-4-2)14-19(16)20/h6-9,11,14-15H,3-5,10,12-13H2,1-2H3. The first-order valence-corrected chi connectivity index (χ1v) is 12.5. The second-order valence-electron chi connectivity index (χ2n) is 5.89.